The van der Waals surface area contributed by atoms with Crippen molar-refractivity contribution in [2.45, 2.75) is 32.7 Å². The normalized spacial score (nSPS) is 12.8. The molecule has 0 fully saturated rings. The second kappa shape index (κ2) is 6.61. The number of hydrogen-bond acceptors (Lipinski definition) is 3. The average Bonchev–Trinajstić information content (AvgIpc) is 2.88. The van der Waals surface area contributed by atoms with E-state index < -0.39 is 0 Å². The highest BCUT2D eigenvalue weighted by Gasteiger charge is 2.15. The van der Waals surface area contributed by atoms with E-state index in [2.05, 4.69) is 23.9 Å². The minimum Gasteiger partial charge on any atom is -0.330 e. The molecule has 1 aromatic carbocycles. The van der Waals surface area contributed by atoms with Crippen LogP contribution < -0.4 is 5.73 Å². The number of nitrogens with two attached hydrogens (primary N) is 1. The predicted molar refractivity (Wildman–Crippen MR) is 76.8 cm³/mol. The van der Waals surface area contributed by atoms with Crippen molar-refractivity contribution in [3.8, 4) is 0 Å². The first kappa shape index (κ1) is 14.7. The summed E-state index contributed by atoms with van der Waals surface area (Å²) >= 11 is 0. The summed E-state index contributed by atoms with van der Waals surface area (Å²) in [5.41, 5.74) is 6.96. The van der Waals surface area contributed by atoms with Gasteiger partial charge < -0.3 is 5.73 Å². The lowest BCUT2D eigenvalue weighted by Gasteiger charge is -2.16. The van der Waals surface area contributed by atoms with Gasteiger partial charge in [-0.15, -0.1) is 0 Å². The zero-order valence-corrected chi connectivity index (χ0v) is 12.0. The minimum absolute atomic E-state index is 0.211. The maximum atomic E-state index is 12.9. The standard InChI is InChI=1S/C15H21FN4/c1-11(2)20-15(18-10-19-20)8-13(9-17)7-12-3-5-14(16)6-4-12/h3-6,10-11,13H,7-9,17H2,1-2H3. The number of aromatic nitrogens is 3. The Morgan fingerprint density at radius 2 is 1.90 bits per heavy atom. The van der Waals surface area contributed by atoms with Gasteiger partial charge in [-0.3, -0.25) is 0 Å². The maximum absolute atomic E-state index is 12.9. The molecule has 1 atom stereocenters. The lowest BCUT2D eigenvalue weighted by atomic mass is 9.96. The van der Waals surface area contributed by atoms with Crippen molar-refractivity contribution >= 4 is 0 Å². The van der Waals surface area contributed by atoms with E-state index in [1.54, 1.807) is 6.33 Å². The molecule has 2 N–H and O–H groups in total. The highest BCUT2D eigenvalue weighted by atomic mass is 19.1. The molecule has 0 bridgehead atoms. The van der Waals surface area contributed by atoms with Crippen LogP contribution in [0.5, 0.6) is 0 Å². The van der Waals surface area contributed by atoms with Gasteiger partial charge in [0.2, 0.25) is 0 Å². The van der Waals surface area contributed by atoms with Crippen LogP contribution in [0.4, 0.5) is 4.39 Å². The zero-order valence-electron chi connectivity index (χ0n) is 12.0. The van der Waals surface area contributed by atoms with Crippen molar-refractivity contribution in [1.29, 1.82) is 0 Å². The third-order valence-corrected chi connectivity index (χ3v) is 3.38. The van der Waals surface area contributed by atoms with E-state index in [4.69, 9.17) is 5.73 Å². The van der Waals surface area contributed by atoms with Gasteiger partial charge in [0, 0.05) is 12.5 Å². The largest absolute Gasteiger partial charge is 0.330 e. The molecule has 2 aromatic rings. The third kappa shape index (κ3) is 3.63. The molecular weight excluding hydrogens is 255 g/mol. The molecule has 4 nitrogen and oxygen atoms in total. The lowest BCUT2D eigenvalue weighted by Crippen LogP contribution is -2.22. The summed E-state index contributed by atoms with van der Waals surface area (Å²) in [6.07, 6.45) is 3.19. The van der Waals surface area contributed by atoms with E-state index in [1.807, 2.05) is 16.8 Å². The molecular formula is C15H21FN4. The van der Waals surface area contributed by atoms with E-state index in [1.165, 1.54) is 12.1 Å². The van der Waals surface area contributed by atoms with Crippen molar-refractivity contribution in [2.75, 3.05) is 6.54 Å². The number of nitrogens with zero attached hydrogens (tertiary/aromatic N) is 3. The predicted octanol–water partition coefficient (Wildman–Crippen LogP) is 2.36. The van der Waals surface area contributed by atoms with Gasteiger partial charge in [0.25, 0.3) is 0 Å². The number of halogens is 1. The van der Waals surface area contributed by atoms with Crippen LogP contribution in [-0.2, 0) is 12.8 Å². The molecule has 0 aliphatic carbocycles. The Kier molecular flexibility index (Phi) is 4.84. The SMILES string of the molecule is CC(C)n1ncnc1CC(CN)Cc1ccc(F)cc1. The van der Waals surface area contributed by atoms with Crippen LogP contribution in [0.1, 0.15) is 31.3 Å². The summed E-state index contributed by atoms with van der Waals surface area (Å²) in [5, 5.41) is 4.24. The van der Waals surface area contributed by atoms with Crippen LogP contribution in [0.3, 0.4) is 0 Å². The Bertz CT molecular complexity index is 533. The Hall–Kier alpha value is -1.75. The Balaban J connectivity index is 2.05. The van der Waals surface area contributed by atoms with Crippen LogP contribution in [0.25, 0.3) is 0 Å². The van der Waals surface area contributed by atoms with Crippen molar-refractivity contribution < 1.29 is 4.39 Å². The fourth-order valence-corrected chi connectivity index (χ4v) is 2.30. The van der Waals surface area contributed by atoms with Crippen LogP contribution in [0.15, 0.2) is 30.6 Å². The first-order valence-corrected chi connectivity index (χ1v) is 6.93. The Morgan fingerprint density at radius 1 is 1.20 bits per heavy atom. The summed E-state index contributed by atoms with van der Waals surface area (Å²) < 4.78 is 14.8. The van der Waals surface area contributed by atoms with Crippen molar-refractivity contribution in [3.05, 3.63) is 47.8 Å². The summed E-state index contributed by atoms with van der Waals surface area (Å²) in [4.78, 5) is 4.32. The molecule has 5 heteroatoms. The number of rotatable bonds is 6. The quantitative estimate of drug-likeness (QED) is 0.881. The number of benzene rings is 1. The van der Waals surface area contributed by atoms with E-state index in [0.29, 0.717) is 6.54 Å². The molecule has 0 radical (unpaired) electrons. The minimum atomic E-state index is -0.211. The fraction of sp³-hybridized carbons (Fsp3) is 0.467. The van der Waals surface area contributed by atoms with Gasteiger partial charge in [-0.1, -0.05) is 12.1 Å². The molecule has 1 heterocycles. The molecule has 0 saturated heterocycles. The third-order valence-electron chi connectivity index (χ3n) is 3.38. The first-order chi connectivity index (χ1) is 9.60. The summed E-state index contributed by atoms with van der Waals surface area (Å²) in [6, 6.07) is 6.88. The van der Waals surface area contributed by atoms with Crippen LogP contribution in [0.2, 0.25) is 0 Å². The molecule has 0 aliphatic rings. The van der Waals surface area contributed by atoms with Gasteiger partial charge >= 0.3 is 0 Å². The molecule has 0 amide bonds. The molecule has 0 spiro atoms. The topological polar surface area (TPSA) is 56.7 Å². The highest BCUT2D eigenvalue weighted by Crippen LogP contribution is 2.15. The number of hydrogen-bond donors (Lipinski definition) is 1. The van der Waals surface area contributed by atoms with Crippen molar-refractivity contribution in [2.24, 2.45) is 11.7 Å². The highest BCUT2D eigenvalue weighted by molar-refractivity contribution is 5.17. The second-order valence-corrected chi connectivity index (χ2v) is 5.35. The maximum Gasteiger partial charge on any atom is 0.138 e. The molecule has 1 aromatic heterocycles. The van der Waals surface area contributed by atoms with Crippen molar-refractivity contribution in [1.82, 2.24) is 14.8 Å². The summed E-state index contributed by atoms with van der Waals surface area (Å²) in [6.45, 7) is 4.73. The Morgan fingerprint density at radius 3 is 2.50 bits per heavy atom. The van der Waals surface area contributed by atoms with Crippen LogP contribution in [-0.4, -0.2) is 21.3 Å². The average molecular weight is 276 g/mol. The van der Waals surface area contributed by atoms with E-state index in [-0.39, 0.29) is 17.8 Å². The van der Waals surface area contributed by atoms with Crippen molar-refractivity contribution in [3.63, 3.8) is 0 Å². The van der Waals surface area contributed by atoms with E-state index >= 15 is 0 Å². The van der Waals surface area contributed by atoms with Gasteiger partial charge in [0.1, 0.15) is 18.0 Å². The van der Waals surface area contributed by atoms with Gasteiger partial charge in [-0.25, -0.2) is 14.1 Å². The van der Waals surface area contributed by atoms with Crippen LogP contribution in [0, 0.1) is 11.7 Å². The van der Waals surface area contributed by atoms with Gasteiger partial charge in [0.05, 0.1) is 0 Å². The summed E-state index contributed by atoms with van der Waals surface area (Å²) in [7, 11) is 0. The first-order valence-electron chi connectivity index (χ1n) is 6.93. The van der Waals surface area contributed by atoms with Gasteiger partial charge in [-0.05, 0) is 50.4 Å². The monoisotopic (exact) mass is 276 g/mol. The molecule has 108 valence electrons. The fourth-order valence-electron chi connectivity index (χ4n) is 2.30. The van der Waals surface area contributed by atoms with E-state index in [9.17, 15) is 4.39 Å². The van der Waals surface area contributed by atoms with Gasteiger partial charge in [0.15, 0.2) is 0 Å². The molecule has 1 unspecified atom stereocenters. The molecule has 0 aliphatic heterocycles. The second-order valence-electron chi connectivity index (χ2n) is 5.35. The zero-order chi connectivity index (χ0) is 14.5. The molecule has 20 heavy (non-hydrogen) atoms. The smallest absolute Gasteiger partial charge is 0.138 e. The Labute approximate surface area is 118 Å². The van der Waals surface area contributed by atoms with Gasteiger partial charge in [-0.2, -0.15) is 5.10 Å². The summed E-state index contributed by atoms with van der Waals surface area (Å²) in [5.74, 6) is 1.03. The lowest BCUT2D eigenvalue weighted by molar-refractivity contribution is 0.456. The molecule has 0 saturated carbocycles. The molecule has 2 rings (SSSR count). The van der Waals surface area contributed by atoms with Crippen LogP contribution >= 0.6 is 0 Å². The van der Waals surface area contributed by atoms with E-state index in [0.717, 1.165) is 24.2 Å².